The molecule has 0 N–H and O–H groups in total. The highest BCUT2D eigenvalue weighted by Gasteiger charge is 2.36. The Bertz CT molecular complexity index is 1190. The molecular weight excluding hydrogens is 430 g/mol. The predicted molar refractivity (Wildman–Crippen MR) is 126 cm³/mol. The normalized spacial score (nSPS) is 16.5. The second-order valence-corrected chi connectivity index (χ2v) is 8.87. The molecule has 7 heteroatoms. The Hall–Kier alpha value is -3.87. The Morgan fingerprint density at radius 1 is 0.912 bits per heavy atom. The standard InChI is InChI=1S/C27H27N3O4/c1-19-8-10-20(11-9-19)23(30-18-21-5-2-3-6-22(21)26(30)32)17-25(31)28-12-14-29(15-13-28)27(33)24-7-4-16-34-24/h2-11,16,23H,12-15,17-18H2,1H3. The largest absolute Gasteiger partial charge is 0.459 e. The number of nitrogens with zero attached hydrogens (tertiary/aromatic N) is 3. The number of carbonyl (C=O) groups is 3. The van der Waals surface area contributed by atoms with E-state index < -0.39 is 0 Å². The Morgan fingerprint density at radius 2 is 1.62 bits per heavy atom. The number of aryl methyl sites for hydroxylation is 1. The van der Waals surface area contributed by atoms with Gasteiger partial charge in [0.15, 0.2) is 5.76 Å². The number of furan rings is 1. The smallest absolute Gasteiger partial charge is 0.289 e. The molecule has 0 bridgehead atoms. The maximum atomic E-state index is 13.4. The minimum absolute atomic E-state index is 0.0144. The van der Waals surface area contributed by atoms with E-state index in [-0.39, 0.29) is 30.2 Å². The van der Waals surface area contributed by atoms with Crippen LogP contribution >= 0.6 is 0 Å². The lowest BCUT2D eigenvalue weighted by molar-refractivity contribution is -0.133. The number of piperazine rings is 1. The fourth-order valence-corrected chi connectivity index (χ4v) is 4.73. The van der Waals surface area contributed by atoms with Crippen molar-refractivity contribution in [1.82, 2.24) is 14.7 Å². The van der Waals surface area contributed by atoms with Crippen molar-refractivity contribution in [2.75, 3.05) is 26.2 Å². The van der Waals surface area contributed by atoms with Gasteiger partial charge in [-0.3, -0.25) is 14.4 Å². The third kappa shape index (κ3) is 4.21. The molecule has 2 aliphatic heterocycles. The van der Waals surface area contributed by atoms with E-state index in [2.05, 4.69) is 0 Å². The lowest BCUT2D eigenvalue weighted by Gasteiger charge is -2.36. The summed E-state index contributed by atoms with van der Waals surface area (Å²) in [6.07, 6.45) is 1.69. The van der Waals surface area contributed by atoms with Crippen molar-refractivity contribution in [2.45, 2.75) is 25.9 Å². The Balaban J connectivity index is 1.30. The first-order valence-electron chi connectivity index (χ1n) is 11.6. The van der Waals surface area contributed by atoms with Crippen molar-refractivity contribution in [3.8, 4) is 0 Å². The van der Waals surface area contributed by atoms with Crippen molar-refractivity contribution in [3.05, 3.63) is 94.9 Å². The summed E-state index contributed by atoms with van der Waals surface area (Å²) in [5, 5.41) is 0. The first kappa shape index (κ1) is 21.9. The molecule has 2 aromatic carbocycles. The zero-order valence-corrected chi connectivity index (χ0v) is 19.1. The van der Waals surface area contributed by atoms with Gasteiger partial charge in [-0.05, 0) is 36.2 Å². The monoisotopic (exact) mass is 457 g/mol. The van der Waals surface area contributed by atoms with Crippen LogP contribution in [0.25, 0.3) is 0 Å². The molecule has 1 aromatic heterocycles. The lowest BCUT2D eigenvalue weighted by Crippen LogP contribution is -2.51. The van der Waals surface area contributed by atoms with Gasteiger partial charge in [0.05, 0.1) is 18.7 Å². The number of fused-ring (bicyclic) bond motifs is 1. The molecule has 1 unspecified atom stereocenters. The number of hydrogen-bond acceptors (Lipinski definition) is 4. The van der Waals surface area contributed by atoms with Crippen LogP contribution in [0.5, 0.6) is 0 Å². The number of rotatable bonds is 5. The summed E-state index contributed by atoms with van der Waals surface area (Å²) in [7, 11) is 0. The molecule has 7 nitrogen and oxygen atoms in total. The van der Waals surface area contributed by atoms with E-state index in [1.54, 1.807) is 21.9 Å². The quantitative estimate of drug-likeness (QED) is 0.586. The zero-order chi connectivity index (χ0) is 23.7. The third-order valence-electron chi connectivity index (χ3n) is 6.71. The number of benzene rings is 2. The number of carbonyl (C=O) groups excluding carboxylic acids is 3. The fourth-order valence-electron chi connectivity index (χ4n) is 4.73. The van der Waals surface area contributed by atoms with Crippen molar-refractivity contribution >= 4 is 17.7 Å². The second kappa shape index (κ2) is 9.17. The van der Waals surface area contributed by atoms with Crippen LogP contribution in [0.1, 0.15) is 50.1 Å². The topological polar surface area (TPSA) is 74.1 Å². The van der Waals surface area contributed by atoms with Crippen LogP contribution in [0.15, 0.2) is 71.3 Å². The number of hydrogen-bond donors (Lipinski definition) is 0. The van der Waals surface area contributed by atoms with Crippen LogP contribution in [0.4, 0.5) is 0 Å². The van der Waals surface area contributed by atoms with Crippen LogP contribution in [-0.2, 0) is 11.3 Å². The molecular formula is C27H27N3O4. The van der Waals surface area contributed by atoms with Gasteiger partial charge < -0.3 is 19.1 Å². The first-order valence-corrected chi connectivity index (χ1v) is 11.6. The van der Waals surface area contributed by atoms with Gasteiger partial charge in [-0.15, -0.1) is 0 Å². The summed E-state index contributed by atoms with van der Waals surface area (Å²) in [5.41, 5.74) is 3.77. The molecule has 2 aliphatic rings. The molecule has 0 saturated carbocycles. The highest BCUT2D eigenvalue weighted by molar-refractivity contribution is 5.99. The van der Waals surface area contributed by atoms with Crippen molar-refractivity contribution < 1.29 is 18.8 Å². The number of amides is 3. The minimum atomic E-state index is -0.351. The van der Waals surface area contributed by atoms with E-state index >= 15 is 0 Å². The summed E-state index contributed by atoms with van der Waals surface area (Å²) in [6.45, 7) is 4.33. The molecule has 0 radical (unpaired) electrons. The first-order chi connectivity index (χ1) is 16.5. The van der Waals surface area contributed by atoms with E-state index in [1.165, 1.54) is 6.26 Å². The second-order valence-electron chi connectivity index (χ2n) is 8.87. The summed E-state index contributed by atoms with van der Waals surface area (Å²) < 4.78 is 5.22. The van der Waals surface area contributed by atoms with Gasteiger partial charge >= 0.3 is 0 Å². The highest BCUT2D eigenvalue weighted by atomic mass is 16.3. The van der Waals surface area contributed by atoms with Gasteiger partial charge in [0.2, 0.25) is 5.91 Å². The molecule has 0 spiro atoms. The van der Waals surface area contributed by atoms with Crippen molar-refractivity contribution in [2.24, 2.45) is 0 Å². The van der Waals surface area contributed by atoms with Gasteiger partial charge in [-0.2, -0.15) is 0 Å². The van der Waals surface area contributed by atoms with Crippen LogP contribution in [0, 0.1) is 6.92 Å². The highest BCUT2D eigenvalue weighted by Crippen LogP contribution is 2.34. The van der Waals surface area contributed by atoms with Gasteiger partial charge in [0.25, 0.3) is 11.8 Å². The summed E-state index contributed by atoms with van der Waals surface area (Å²) in [4.78, 5) is 44.4. The molecule has 1 saturated heterocycles. The minimum Gasteiger partial charge on any atom is -0.459 e. The van der Waals surface area contributed by atoms with Gasteiger partial charge in [0, 0.05) is 38.3 Å². The molecule has 174 valence electrons. The molecule has 1 atom stereocenters. The maximum Gasteiger partial charge on any atom is 0.289 e. The van der Waals surface area contributed by atoms with Crippen LogP contribution in [0.2, 0.25) is 0 Å². The van der Waals surface area contributed by atoms with Gasteiger partial charge in [0.1, 0.15) is 0 Å². The predicted octanol–water partition coefficient (Wildman–Crippen LogP) is 3.66. The molecule has 3 amide bonds. The average molecular weight is 458 g/mol. The van der Waals surface area contributed by atoms with E-state index in [0.717, 1.165) is 16.7 Å². The molecule has 0 aliphatic carbocycles. The zero-order valence-electron chi connectivity index (χ0n) is 19.1. The molecule has 34 heavy (non-hydrogen) atoms. The van der Waals surface area contributed by atoms with Crippen LogP contribution in [-0.4, -0.2) is 58.6 Å². The summed E-state index contributed by atoms with van der Waals surface area (Å²) >= 11 is 0. The molecule has 3 aromatic rings. The Labute approximate surface area is 198 Å². The van der Waals surface area contributed by atoms with E-state index in [9.17, 15) is 14.4 Å². The van der Waals surface area contributed by atoms with Crippen molar-refractivity contribution in [1.29, 1.82) is 0 Å². The Kier molecular flexibility index (Phi) is 5.92. The van der Waals surface area contributed by atoms with Gasteiger partial charge in [-0.25, -0.2) is 0 Å². The van der Waals surface area contributed by atoms with E-state index in [1.807, 2.05) is 60.4 Å². The SMILES string of the molecule is Cc1ccc(C(CC(=O)N2CCN(C(=O)c3ccco3)CC2)N2Cc3ccccc3C2=O)cc1. The Morgan fingerprint density at radius 3 is 2.29 bits per heavy atom. The average Bonchev–Trinajstić information content (AvgIpc) is 3.52. The van der Waals surface area contributed by atoms with Gasteiger partial charge in [-0.1, -0.05) is 48.0 Å². The fraction of sp³-hybridized carbons (Fsp3) is 0.296. The van der Waals surface area contributed by atoms with Crippen LogP contribution in [0.3, 0.4) is 0 Å². The molecule has 3 heterocycles. The lowest BCUT2D eigenvalue weighted by atomic mass is 9.99. The van der Waals surface area contributed by atoms with Crippen LogP contribution < -0.4 is 0 Å². The van der Waals surface area contributed by atoms with E-state index in [0.29, 0.717) is 44.0 Å². The third-order valence-corrected chi connectivity index (χ3v) is 6.71. The van der Waals surface area contributed by atoms with Crippen molar-refractivity contribution in [3.63, 3.8) is 0 Å². The molecule has 1 fully saturated rings. The summed E-state index contributed by atoms with van der Waals surface area (Å²) in [5.74, 6) is 0.101. The summed E-state index contributed by atoms with van der Waals surface area (Å²) in [6, 6.07) is 18.6. The van der Waals surface area contributed by atoms with E-state index in [4.69, 9.17) is 4.42 Å². The molecule has 5 rings (SSSR count). The maximum absolute atomic E-state index is 13.4.